The second-order valence-electron chi connectivity index (χ2n) is 11.3. The number of nitrogens with one attached hydrogen (secondary N) is 1. The Morgan fingerprint density at radius 2 is 1.69 bits per heavy atom. The predicted octanol–water partition coefficient (Wildman–Crippen LogP) is 5.77. The average Bonchev–Trinajstić information content (AvgIpc) is 2.91. The fourth-order valence-electron chi connectivity index (χ4n) is 5.55. The highest BCUT2D eigenvalue weighted by atomic mass is 32.2. The van der Waals surface area contributed by atoms with E-state index in [0.717, 1.165) is 18.7 Å². The third kappa shape index (κ3) is 6.24. The second-order valence-corrected chi connectivity index (χ2v) is 13.6. The Hall–Kier alpha value is -3.47. The highest BCUT2D eigenvalue weighted by molar-refractivity contribution is 7.91. The third-order valence-electron chi connectivity index (χ3n) is 7.57. The number of sulfone groups is 1. The Labute approximate surface area is 232 Å². The van der Waals surface area contributed by atoms with Crippen molar-refractivity contribution in [3.63, 3.8) is 0 Å². The maximum absolute atomic E-state index is 13.1. The van der Waals surface area contributed by atoms with Crippen molar-refractivity contribution >= 4 is 15.7 Å². The number of hydrogen-bond acceptors (Lipinski definition) is 5. The lowest BCUT2D eigenvalue weighted by molar-refractivity contribution is 0.0944. The van der Waals surface area contributed by atoms with Crippen LogP contribution in [0.25, 0.3) is 0 Å². The van der Waals surface area contributed by atoms with Crippen molar-refractivity contribution < 1.29 is 13.2 Å². The molecule has 1 aliphatic heterocycles. The first-order chi connectivity index (χ1) is 18.4. The van der Waals surface area contributed by atoms with Crippen LogP contribution in [0.3, 0.4) is 0 Å². The van der Waals surface area contributed by atoms with E-state index in [4.69, 9.17) is 5.26 Å². The molecule has 0 aromatic heterocycles. The first-order valence-electron chi connectivity index (χ1n) is 13.4. The summed E-state index contributed by atoms with van der Waals surface area (Å²) in [5.41, 5.74) is 5.58. The summed E-state index contributed by atoms with van der Waals surface area (Å²) in [6.07, 6.45) is 0. The van der Waals surface area contributed by atoms with Crippen LogP contribution in [-0.2, 0) is 28.3 Å². The van der Waals surface area contributed by atoms with Crippen LogP contribution in [0.4, 0.5) is 0 Å². The molecule has 1 atom stereocenters. The summed E-state index contributed by atoms with van der Waals surface area (Å²) < 4.78 is 24.1. The zero-order chi connectivity index (χ0) is 28.4. The van der Waals surface area contributed by atoms with Crippen LogP contribution in [0.2, 0.25) is 0 Å². The largest absolute Gasteiger partial charge is 0.348 e. The van der Waals surface area contributed by atoms with Crippen LogP contribution in [0, 0.1) is 17.2 Å². The lowest BCUT2D eigenvalue weighted by Crippen LogP contribution is -2.46. The smallest absolute Gasteiger partial charge is 0.251 e. The van der Waals surface area contributed by atoms with Gasteiger partial charge in [0.2, 0.25) is 0 Å². The van der Waals surface area contributed by atoms with Crippen molar-refractivity contribution in [2.45, 2.75) is 64.1 Å². The summed E-state index contributed by atoms with van der Waals surface area (Å²) >= 11 is 0. The number of carbonyl (C=O) groups excluding carboxylic acids is 1. The standard InChI is InChI=1S/C32H37N3O3S/c1-6-39(37,38)27-14-11-24(12-15-27)19-34-31(36)26-13-16-28-29(17-26)32(4,5)21-35(30(28)22(2)3)20-25-9-7-23(18-33)8-10-25/h7-17,22,30H,6,19-21H2,1-5H3,(H,34,36)/t30-/m1/s1. The fourth-order valence-corrected chi connectivity index (χ4v) is 6.43. The number of carbonyl (C=O) groups is 1. The molecule has 3 aromatic carbocycles. The van der Waals surface area contributed by atoms with Crippen molar-refractivity contribution in [1.29, 1.82) is 5.26 Å². The molecule has 3 aromatic rings. The molecule has 0 saturated heterocycles. The highest BCUT2D eigenvalue weighted by Crippen LogP contribution is 2.43. The number of amides is 1. The van der Waals surface area contributed by atoms with E-state index in [2.05, 4.69) is 50.0 Å². The SMILES string of the molecule is CCS(=O)(=O)c1ccc(CNC(=O)c2ccc3c(c2)C(C)(C)CN(Cc2ccc(C#N)cc2)[C@@H]3C(C)C)cc1. The normalized spacial score (nSPS) is 16.9. The van der Waals surface area contributed by atoms with Crippen molar-refractivity contribution in [2.24, 2.45) is 5.92 Å². The van der Waals surface area contributed by atoms with Gasteiger partial charge in [-0.3, -0.25) is 9.69 Å². The minimum absolute atomic E-state index is 0.0582. The van der Waals surface area contributed by atoms with Crippen LogP contribution in [-0.4, -0.2) is 31.5 Å². The summed E-state index contributed by atoms with van der Waals surface area (Å²) in [4.78, 5) is 15.9. The fraction of sp³-hybridized carbons (Fsp3) is 0.375. The van der Waals surface area contributed by atoms with Crippen molar-refractivity contribution in [1.82, 2.24) is 10.2 Å². The van der Waals surface area contributed by atoms with Crippen molar-refractivity contribution in [2.75, 3.05) is 12.3 Å². The molecule has 1 amide bonds. The molecular weight excluding hydrogens is 506 g/mol. The van der Waals surface area contributed by atoms with Gasteiger partial charge in [0.1, 0.15) is 0 Å². The van der Waals surface area contributed by atoms with E-state index in [0.29, 0.717) is 28.5 Å². The van der Waals surface area contributed by atoms with Gasteiger partial charge < -0.3 is 5.32 Å². The minimum Gasteiger partial charge on any atom is -0.348 e. The van der Waals surface area contributed by atoms with Gasteiger partial charge in [-0.2, -0.15) is 5.26 Å². The topological polar surface area (TPSA) is 90.3 Å². The molecule has 0 radical (unpaired) electrons. The van der Waals surface area contributed by atoms with E-state index >= 15 is 0 Å². The number of benzene rings is 3. The zero-order valence-electron chi connectivity index (χ0n) is 23.4. The van der Waals surface area contributed by atoms with Gasteiger partial charge in [0.15, 0.2) is 9.84 Å². The maximum atomic E-state index is 13.1. The summed E-state index contributed by atoms with van der Waals surface area (Å²) in [7, 11) is -3.25. The molecular formula is C32H37N3O3S. The van der Waals surface area contributed by atoms with Crippen LogP contribution in [0.15, 0.2) is 71.6 Å². The molecule has 0 fully saturated rings. The number of nitrogens with zero attached hydrogens (tertiary/aromatic N) is 2. The van der Waals surface area contributed by atoms with Crippen molar-refractivity contribution in [3.05, 3.63) is 100 Å². The summed E-state index contributed by atoms with van der Waals surface area (Å²) in [5, 5.41) is 12.1. The van der Waals surface area contributed by atoms with Gasteiger partial charge in [-0.15, -0.1) is 0 Å². The van der Waals surface area contributed by atoms with Gasteiger partial charge in [-0.1, -0.05) is 65.0 Å². The van der Waals surface area contributed by atoms with Crippen molar-refractivity contribution in [3.8, 4) is 6.07 Å². The molecule has 39 heavy (non-hydrogen) atoms. The predicted molar refractivity (Wildman–Crippen MR) is 154 cm³/mol. The Kier molecular flexibility index (Phi) is 8.29. The van der Waals surface area contributed by atoms with Gasteiger partial charge in [0.25, 0.3) is 5.91 Å². The molecule has 4 rings (SSSR count). The molecule has 1 heterocycles. The second kappa shape index (κ2) is 11.3. The number of nitriles is 1. The van der Waals surface area contributed by atoms with Gasteiger partial charge in [0, 0.05) is 36.7 Å². The molecule has 0 bridgehead atoms. The quantitative estimate of drug-likeness (QED) is 0.389. The van der Waals surface area contributed by atoms with E-state index in [-0.39, 0.29) is 23.1 Å². The summed E-state index contributed by atoms with van der Waals surface area (Å²) in [6.45, 7) is 12.5. The lowest BCUT2D eigenvalue weighted by Gasteiger charge is -2.47. The Balaban J connectivity index is 1.53. The minimum atomic E-state index is -3.25. The lowest BCUT2D eigenvalue weighted by atomic mass is 9.73. The average molecular weight is 544 g/mol. The summed E-state index contributed by atoms with van der Waals surface area (Å²) in [6, 6.07) is 22.9. The van der Waals surface area contributed by atoms with Crippen LogP contribution < -0.4 is 5.32 Å². The molecule has 1 aliphatic rings. The molecule has 6 nitrogen and oxygen atoms in total. The van der Waals surface area contributed by atoms with Gasteiger partial charge in [0.05, 0.1) is 22.3 Å². The van der Waals surface area contributed by atoms with E-state index in [1.807, 2.05) is 36.4 Å². The number of rotatable bonds is 8. The first-order valence-corrected chi connectivity index (χ1v) is 15.1. The van der Waals surface area contributed by atoms with E-state index in [1.54, 1.807) is 31.2 Å². The summed E-state index contributed by atoms with van der Waals surface area (Å²) in [5.74, 6) is 0.278. The third-order valence-corrected chi connectivity index (χ3v) is 9.32. The Bertz CT molecular complexity index is 1490. The molecule has 204 valence electrons. The maximum Gasteiger partial charge on any atom is 0.251 e. The van der Waals surface area contributed by atoms with E-state index < -0.39 is 9.84 Å². The van der Waals surface area contributed by atoms with Gasteiger partial charge in [-0.05, 0) is 64.6 Å². The van der Waals surface area contributed by atoms with E-state index in [1.165, 1.54) is 16.7 Å². The molecule has 0 saturated carbocycles. The zero-order valence-corrected chi connectivity index (χ0v) is 24.2. The van der Waals surface area contributed by atoms with Crippen LogP contribution in [0.1, 0.15) is 78.8 Å². The van der Waals surface area contributed by atoms with Gasteiger partial charge >= 0.3 is 0 Å². The molecule has 0 aliphatic carbocycles. The molecule has 0 spiro atoms. The monoisotopic (exact) mass is 543 g/mol. The van der Waals surface area contributed by atoms with Crippen LogP contribution in [0.5, 0.6) is 0 Å². The molecule has 0 unspecified atom stereocenters. The highest BCUT2D eigenvalue weighted by Gasteiger charge is 2.39. The van der Waals surface area contributed by atoms with Gasteiger partial charge in [-0.25, -0.2) is 8.42 Å². The number of hydrogen-bond donors (Lipinski definition) is 1. The molecule has 1 N–H and O–H groups in total. The number of fused-ring (bicyclic) bond motifs is 1. The Morgan fingerprint density at radius 3 is 2.28 bits per heavy atom. The Morgan fingerprint density at radius 1 is 1.05 bits per heavy atom. The first kappa shape index (κ1) is 28.5. The van der Waals surface area contributed by atoms with Crippen LogP contribution >= 0.6 is 0 Å². The van der Waals surface area contributed by atoms with E-state index in [9.17, 15) is 13.2 Å². The molecule has 7 heteroatoms.